The van der Waals surface area contributed by atoms with Crippen LogP contribution >= 0.6 is 0 Å². The van der Waals surface area contributed by atoms with Gasteiger partial charge in [0, 0.05) is 19.1 Å². The fraction of sp³-hybridized carbons (Fsp3) is 0.923. The maximum absolute atomic E-state index is 12.2. The molecule has 0 spiro atoms. The van der Waals surface area contributed by atoms with Crippen LogP contribution in [0.25, 0.3) is 0 Å². The van der Waals surface area contributed by atoms with Gasteiger partial charge in [0.05, 0.1) is 6.04 Å². The molecule has 1 N–H and O–H groups in total. The van der Waals surface area contributed by atoms with E-state index in [4.69, 9.17) is 0 Å². The predicted octanol–water partition coefficient (Wildman–Crippen LogP) is 1.78. The van der Waals surface area contributed by atoms with Crippen molar-refractivity contribution in [3.63, 3.8) is 0 Å². The number of piperidine rings is 1. The number of likely N-dealkylation sites (tertiary alicyclic amines) is 1. The van der Waals surface area contributed by atoms with Crippen molar-refractivity contribution in [2.24, 2.45) is 5.92 Å². The molecule has 2 aliphatic rings. The van der Waals surface area contributed by atoms with Crippen LogP contribution in [0.15, 0.2) is 0 Å². The Labute approximate surface area is 98.6 Å². The molecule has 0 aromatic carbocycles. The van der Waals surface area contributed by atoms with Crippen LogP contribution in [0.2, 0.25) is 0 Å². The largest absolute Gasteiger partial charge is 0.341 e. The van der Waals surface area contributed by atoms with Gasteiger partial charge >= 0.3 is 0 Å². The predicted molar refractivity (Wildman–Crippen MR) is 65.2 cm³/mol. The molecule has 1 saturated carbocycles. The number of hydrogen-bond donors (Lipinski definition) is 1. The van der Waals surface area contributed by atoms with Gasteiger partial charge in [0.1, 0.15) is 0 Å². The minimum Gasteiger partial charge on any atom is -0.341 e. The van der Waals surface area contributed by atoms with Crippen LogP contribution in [0.3, 0.4) is 0 Å². The summed E-state index contributed by atoms with van der Waals surface area (Å²) in [7, 11) is 0. The minimum atomic E-state index is 0.0776. The highest BCUT2D eigenvalue weighted by Crippen LogP contribution is 2.28. The Bertz CT molecular complexity index is 248. The summed E-state index contributed by atoms with van der Waals surface area (Å²) in [5.41, 5.74) is 0. The fourth-order valence-corrected chi connectivity index (χ4v) is 2.67. The molecule has 2 fully saturated rings. The number of hydrogen-bond acceptors (Lipinski definition) is 2. The van der Waals surface area contributed by atoms with Crippen LogP contribution in [-0.2, 0) is 4.79 Å². The minimum absolute atomic E-state index is 0.0776. The van der Waals surface area contributed by atoms with Gasteiger partial charge in [0.15, 0.2) is 0 Å². The summed E-state index contributed by atoms with van der Waals surface area (Å²) in [6.45, 7) is 6.21. The molecule has 1 unspecified atom stereocenters. The Morgan fingerprint density at radius 3 is 2.62 bits per heavy atom. The van der Waals surface area contributed by atoms with E-state index in [1.165, 1.54) is 19.3 Å². The summed E-state index contributed by atoms with van der Waals surface area (Å²) in [5.74, 6) is 1.13. The number of nitrogens with one attached hydrogen (secondary N) is 1. The molecule has 1 atom stereocenters. The van der Waals surface area contributed by atoms with Gasteiger partial charge in [-0.25, -0.2) is 0 Å². The molecule has 0 radical (unpaired) electrons. The molecule has 0 aromatic heterocycles. The molecule has 0 aromatic rings. The zero-order valence-electron chi connectivity index (χ0n) is 10.5. The maximum Gasteiger partial charge on any atom is 0.239 e. The number of carbonyl (C=O) groups is 1. The van der Waals surface area contributed by atoms with Gasteiger partial charge in [-0.1, -0.05) is 20.3 Å². The van der Waals surface area contributed by atoms with E-state index in [0.717, 1.165) is 31.8 Å². The van der Waals surface area contributed by atoms with E-state index in [1.807, 2.05) is 0 Å². The lowest BCUT2D eigenvalue weighted by atomic mass is 9.84. The zero-order valence-corrected chi connectivity index (χ0v) is 10.5. The third-order valence-electron chi connectivity index (χ3n) is 3.77. The van der Waals surface area contributed by atoms with Crippen LogP contribution in [0.5, 0.6) is 0 Å². The van der Waals surface area contributed by atoms with Crippen molar-refractivity contribution in [3.05, 3.63) is 0 Å². The fourth-order valence-electron chi connectivity index (χ4n) is 2.67. The Hall–Kier alpha value is -0.570. The lowest BCUT2D eigenvalue weighted by Crippen LogP contribution is -2.53. The number of rotatable bonds is 4. The van der Waals surface area contributed by atoms with E-state index in [2.05, 4.69) is 24.1 Å². The van der Waals surface area contributed by atoms with E-state index in [1.54, 1.807) is 0 Å². The van der Waals surface area contributed by atoms with E-state index in [-0.39, 0.29) is 6.04 Å². The van der Waals surface area contributed by atoms with Crippen molar-refractivity contribution >= 4 is 5.91 Å². The van der Waals surface area contributed by atoms with Crippen molar-refractivity contribution in [1.29, 1.82) is 0 Å². The average Bonchev–Trinajstić information content (AvgIpc) is 2.16. The summed E-state index contributed by atoms with van der Waals surface area (Å²) in [5, 5.41) is 3.38. The van der Waals surface area contributed by atoms with Crippen molar-refractivity contribution in [3.8, 4) is 0 Å². The third kappa shape index (κ3) is 2.76. The second-order valence-electron chi connectivity index (χ2n) is 5.60. The summed E-state index contributed by atoms with van der Waals surface area (Å²) >= 11 is 0. The van der Waals surface area contributed by atoms with E-state index in [9.17, 15) is 4.79 Å². The van der Waals surface area contributed by atoms with Gasteiger partial charge in [0.2, 0.25) is 5.91 Å². The van der Waals surface area contributed by atoms with Crippen LogP contribution in [0.4, 0.5) is 0 Å². The first-order valence-corrected chi connectivity index (χ1v) is 6.71. The first-order chi connectivity index (χ1) is 7.66. The Balaban J connectivity index is 1.85. The molecule has 3 heteroatoms. The van der Waals surface area contributed by atoms with E-state index >= 15 is 0 Å². The summed E-state index contributed by atoms with van der Waals surface area (Å²) < 4.78 is 0. The summed E-state index contributed by atoms with van der Waals surface area (Å²) in [6.07, 6.45) is 6.18. The molecule has 1 aliphatic heterocycles. The summed E-state index contributed by atoms with van der Waals surface area (Å²) in [6, 6.07) is 0.478. The quantitative estimate of drug-likeness (QED) is 0.789. The molecule has 1 saturated heterocycles. The van der Waals surface area contributed by atoms with Crippen LogP contribution in [0, 0.1) is 5.92 Å². The monoisotopic (exact) mass is 224 g/mol. The van der Waals surface area contributed by atoms with Crippen LogP contribution in [-0.4, -0.2) is 36.0 Å². The average molecular weight is 224 g/mol. The molecular formula is C13H24N2O. The standard InChI is InChI=1S/C13H24N2O/c1-10(2)14-12-7-4-8-15(13(12)16)9-11-5-3-6-11/h10-12,14H,3-9H2,1-2H3. The first-order valence-electron chi connectivity index (χ1n) is 6.71. The molecule has 1 aliphatic carbocycles. The van der Waals surface area contributed by atoms with Crippen LogP contribution < -0.4 is 5.32 Å². The first kappa shape index (κ1) is 11.9. The van der Waals surface area contributed by atoms with Gasteiger partial charge in [-0.2, -0.15) is 0 Å². The lowest BCUT2D eigenvalue weighted by molar-refractivity contribution is -0.137. The topological polar surface area (TPSA) is 32.3 Å². The van der Waals surface area contributed by atoms with Gasteiger partial charge in [0.25, 0.3) is 0 Å². The highest BCUT2D eigenvalue weighted by molar-refractivity contribution is 5.82. The SMILES string of the molecule is CC(C)NC1CCCN(CC2CCC2)C1=O. The zero-order chi connectivity index (χ0) is 11.5. The Morgan fingerprint density at radius 2 is 2.06 bits per heavy atom. The second-order valence-corrected chi connectivity index (χ2v) is 5.60. The van der Waals surface area contributed by atoms with E-state index in [0.29, 0.717) is 11.9 Å². The van der Waals surface area contributed by atoms with Gasteiger partial charge in [-0.3, -0.25) is 4.79 Å². The van der Waals surface area contributed by atoms with Crippen molar-refractivity contribution in [1.82, 2.24) is 10.2 Å². The summed E-state index contributed by atoms with van der Waals surface area (Å²) in [4.78, 5) is 14.3. The van der Waals surface area contributed by atoms with E-state index < -0.39 is 0 Å². The van der Waals surface area contributed by atoms with Gasteiger partial charge < -0.3 is 10.2 Å². The molecule has 2 rings (SSSR count). The molecule has 1 heterocycles. The number of nitrogens with zero attached hydrogens (tertiary/aromatic N) is 1. The molecule has 3 nitrogen and oxygen atoms in total. The third-order valence-corrected chi connectivity index (χ3v) is 3.77. The Kier molecular flexibility index (Phi) is 3.85. The Morgan fingerprint density at radius 1 is 1.31 bits per heavy atom. The highest BCUT2D eigenvalue weighted by Gasteiger charge is 2.31. The second kappa shape index (κ2) is 5.17. The molecule has 16 heavy (non-hydrogen) atoms. The highest BCUT2D eigenvalue weighted by atomic mass is 16.2. The van der Waals surface area contributed by atoms with Crippen molar-refractivity contribution in [2.45, 2.75) is 58.0 Å². The van der Waals surface area contributed by atoms with Gasteiger partial charge in [-0.15, -0.1) is 0 Å². The molecule has 92 valence electrons. The number of carbonyl (C=O) groups excluding carboxylic acids is 1. The maximum atomic E-state index is 12.2. The molecular weight excluding hydrogens is 200 g/mol. The molecule has 0 bridgehead atoms. The smallest absolute Gasteiger partial charge is 0.239 e. The number of amides is 1. The molecule has 1 amide bonds. The van der Waals surface area contributed by atoms with Crippen molar-refractivity contribution < 1.29 is 4.79 Å². The van der Waals surface area contributed by atoms with Crippen LogP contribution in [0.1, 0.15) is 46.0 Å². The normalized spacial score (nSPS) is 27.3. The van der Waals surface area contributed by atoms with Crippen molar-refractivity contribution in [2.75, 3.05) is 13.1 Å². The van der Waals surface area contributed by atoms with Gasteiger partial charge in [-0.05, 0) is 31.6 Å². The lowest BCUT2D eigenvalue weighted by Gasteiger charge is -2.38.